The molecule has 3 aliphatic heterocycles. The van der Waals surface area contributed by atoms with Gasteiger partial charge in [0.2, 0.25) is 18.6 Å². The summed E-state index contributed by atoms with van der Waals surface area (Å²) in [5.74, 6) is -1.55. The molecule has 2 aromatic carbocycles. The molecular formula is C22H19N3O4. The number of para-hydroxylation sites is 1. The van der Waals surface area contributed by atoms with Crippen molar-refractivity contribution in [2.24, 2.45) is 0 Å². The molecule has 4 heterocycles. The number of hydrogen-bond acceptors (Lipinski definition) is 4. The second-order valence-electron chi connectivity index (χ2n) is 7.07. The van der Waals surface area contributed by atoms with Gasteiger partial charge in [-0.2, -0.15) is 0 Å². The van der Waals surface area contributed by atoms with Crippen molar-refractivity contribution < 1.29 is 30.0 Å². The van der Waals surface area contributed by atoms with Gasteiger partial charge in [0.25, 0.3) is 0 Å². The van der Waals surface area contributed by atoms with E-state index >= 15 is 0 Å². The van der Waals surface area contributed by atoms with Crippen LogP contribution in [0.15, 0.2) is 42.3 Å². The average molecular weight is 397 g/mol. The van der Waals surface area contributed by atoms with Crippen molar-refractivity contribution in [1.29, 1.82) is 0 Å². The first-order valence-corrected chi connectivity index (χ1v) is 8.97. The minimum absolute atomic E-state index is 0.0163. The average Bonchev–Trinajstić information content (AvgIpc) is 3.49. The van der Waals surface area contributed by atoms with Crippen LogP contribution < -0.4 is 9.47 Å². The number of nitrogens with one attached hydrogen (secondary N) is 1. The first kappa shape index (κ1) is 10.3. The van der Waals surface area contributed by atoms with E-state index < -0.39 is 48.0 Å². The normalized spacial score (nSPS) is 29.2. The summed E-state index contributed by atoms with van der Waals surface area (Å²) in [7, 11) is 1.38. The van der Waals surface area contributed by atoms with Crippen molar-refractivity contribution in [2.45, 2.75) is 18.5 Å². The summed E-state index contributed by atoms with van der Waals surface area (Å²) in [6, 6.07) is -6.61. The lowest BCUT2D eigenvalue weighted by Gasteiger charge is -2.46. The third-order valence-electron chi connectivity index (χ3n) is 5.42. The number of hydrogen-bond donors (Lipinski definition) is 1. The Labute approximate surface area is 178 Å². The van der Waals surface area contributed by atoms with Crippen molar-refractivity contribution >= 4 is 22.7 Å². The molecule has 29 heavy (non-hydrogen) atoms. The minimum Gasteiger partial charge on any atom is -0.454 e. The maximum absolute atomic E-state index is 13.4. The third-order valence-corrected chi connectivity index (χ3v) is 5.42. The number of aromatic amines is 1. The van der Waals surface area contributed by atoms with Gasteiger partial charge in [0.1, 0.15) is 6.02 Å². The maximum Gasteiger partial charge on any atom is 0.245 e. The minimum atomic E-state index is -2.23. The van der Waals surface area contributed by atoms with E-state index in [1.165, 1.54) is 7.05 Å². The fourth-order valence-electron chi connectivity index (χ4n) is 4.13. The molecule has 0 aliphatic carbocycles. The van der Waals surface area contributed by atoms with Gasteiger partial charge in [0, 0.05) is 30.1 Å². The molecule has 0 spiro atoms. The van der Waals surface area contributed by atoms with E-state index in [9.17, 15) is 11.0 Å². The standard InChI is InChI=1S/C22H19N3O4/c1-24-10-19(26)25-16(22(24)27)9-14-13-4-2-3-5-15(13)23-20(14)21(25)12-6-7-17-18(8-12)29-11-28-17/h2-8,16,21,23H,9-11H2,1H3/t16-,21?/m1/s1/i2D,3D,4D,5D,6D,7D,8D,16D. The highest BCUT2D eigenvalue weighted by atomic mass is 16.7. The Morgan fingerprint density at radius 2 is 2.00 bits per heavy atom. The van der Waals surface area contributed by atoms with Crippen LogP contribution in [0.25, 0.3) is 10.9 Å². The van der Waals surface area contributed by atoms with Crippen molar-refractivity contribution in [3.63, 3.8) is 0 Å². The van der Waals surface area contributed by atoms with E-state index in [-0.39, 0.29) is 77.1 Å². The number of benzene rings is 2. The second-order valence-corrected chi connectivity index (χ2v) is 7.07. The summed E-state index contributed by atoms with van der Waals surface area (Å²) in [5, 5.41) is 0.0654. The monoisotopic (exact) mass is 397 g/mol. The van der Waals surface area contributed by atoms with E-state index in [4.69, 9.17) is 19.1 Å². The lowest BCUT2D eigenvalue weighted by Crippen LogP contribution is -2.62. The predicted molar refractivity (Wildman–Crippen MR) is 105 cm³/mol. The van der Waals surface area contributed by atoms with Crippen LogP contribution in [-0.2, 0) is 16.0 Å². The van der Waals surface area contributed by atoms with Gasteiger partial charge in [0.15, 0.2) is 11.5 Å². The van der Waals surface area contributed by atoms with Gasteiger partial charge in [-0.1, -0.05) is 24.2 Å². The fourth-order valence-corrected chi connectivity index (χ4v) is 4.13. The molecule has 2 amide bonds. The Bertz CT molecular complexity index is 1590. The van der Waals surface area contributed by atoms with E-state index in [1.807, 2.05) is 0 Å². The first-order valence-electron chi connectivity index (χ1n) is 13.0. The zero-order chi connectivity index (χ0) is 26.7. The fraction of sp³-hybridized carbons (Fsp3) is 0.273. The number of ether oxygens (including phenoxy) is 2. The van der Waals surface area contributed by atoms with Crippen LogP contribution >= 0.6 is 0 Å². The summed E-state index contributed by atoms with van der Waals surface area (Å²) < 4.78 is 78.9. The molecule has 1 fully saturated rings. The van der Waals surface area contributed by atoms with E-state index in [0.717, 1.165) is 9.80 Å². The number of amides is 2. The zero-order valence-electron chi connectivity index (χ0n) is 23.2. The molecule has 1 aromatic heterocycles. The highest BCUT2D eigenvalue weighted by molar-refractivity contribution is 5.97. The molecule has 7 heteroatoms. The molecule has 2 atom stereocenters. The Kier molecular flexibility index (Phi) is 2.05. The highest BCUT2D eigenvalue weighted by Gasteiger charge is 2.47. The van der Waals surface area contributed by atoms with Crippen molar-refractivity contribution in [2.75, 3.05) is 20.4 Å². The number of nitrogens with zero attached hydrogens (tertiary/aromatic N) is 2. The smallest absolute Gasteiger partial charge is 0.245 e. The predicted octanol–water partition coefficient (Wildman–Crippen LogP) is 2.21. The maximum atomic E-state index is 13.4. The molecule has 6 rings (SSSR count). The number of likely N-dealkylation sites (N-methyl/N-ethyl adjacent to an activating group) is 1. The molecule has 0 saturated carbocycles. The molecule has 3 aromatic rings. The molecule has 0 radical (unpaired) electrons. The zero-order valence-corrected chi connectivity index (χ0v) is 15.2. The SMILES string of the molecule is [2H]c1c([2H])c(C2c3[nH]c4c([2H])c([2H])c([2H])c([2H])c4c3C[C@]3([2H])C(=O)N(C)CC(=O)N23)c([2H])c2c1OCO2. The van der Waals surface area contributed by atoms with Crippen LogP contribution in [0.5, 0.6) is 11.5 Å². The Hall–Kier alpha value is -3.48. The third kappa shape index (κ3) is 2.24. The largest absolute Gasteiger partial charge is 0.454 e. The Morgan fingerprint density at radius 1 is 1.17 bits per heavy atom. The molecule has 3 aliphatic rings. The Morgan fingerprint density at radius 3 is 2.90 bits per heavy atom. The van der Waals surface area contributed by atoms with Crippen LogP contribution in [0.1, 0.15) is 33.8 Å². The lowest BCUT2D eigenvalue weighted by atomic mass is 9.86. The molecular weight excluding hydrogens is 370 g/mol. The van der Waals surface area contributed by atoms with Gasteiger partial charge in [0.05, 0.1) is 23.6 Å². The summed E-state index contributed by atoms with van der Waals surface area (Å²) in [6.45, 7) is -0.624. The number of H-pyrrole nitrogens is 1. The summed E-state index contributed by atoms with van der Waals surface area (Å²) in [4.78, 5) is 31.9. The lowest BCUT2D eigenvalue weighted by molar-refractivity contribution is -0.157. The molecule has 7 nitrogen and oxygen atoms in total. The second kappa shape index (κ2) is 5.76. The van der Waals surface area contributed by atoms with Crippen LogP contribution in [0.3, 0.4) is 0 Å². The molecule has 146 valence electrons. The number of carbonyl (C=O) groups is 2. The summed E-state index contributed by atoms with van der Waals surface area (Å²) in [6.07, 6.45) is -0.380. The first-order chi connectivity index (χ1) is 17.4. The van der Waals surface area contributed by atoms with E-state index in [1.54, 1.807) is 0 Å². The van der Waals surface area contributed by atoms with E-state index in [0.29, 0.717) is 0 Å². The van der Waals surface area contributed by atoms with Gasteiger partial charge < -0.3 is 24.3 Å². The number of aromatic nitrogens is 1. The van der Waals surface area contributed by atoms with Crippen molar-refractivity contribution in [3.8, 4) is 11.5 Å². The summed E-state index contributed by atoms with van der Waals surface area (Å²) >= 11 is 0. The van der Waals surface area contributed by atoms with Gasteiger partial charge in [-0.05, 0) is 29.3 Å². The number of piperazine rings is 1. The molecule has 1 saturated heterocycles. The number of rotatable bonds is 1. The van der Waals surface area contributed by atoms with Gasteiger partial charge >= 0.3 is 0 Å². The highest BCUT2D eigenvalue weighted by Crippen LogP contribution is 2.44. The van der Waals surface area contributed by atoms with Gasteiger partial charge in [-0.3, -0.25) is 9.59 Å². The van der Waals surface area contributed by atoms with Crippen LogP contribution in [0.2, 0.25) is 0 Å². The number of fused-ring (bicyclic) bond motifs is 5. The topological polar surface area (TPSA) is 74.9 Å². The van der Waals surface area contributed by atoms with Crippen LogP contribution in [0.4, 0.5) is 0 Å². The molecule has 1 unspecified atom stereocenters. The van der Waals surface area contributed by atoms with Gasteiger partial charge in [-0.15, -0.1) is 0 Å². The van der Waals surface area contributed by atoms with Crippen molar-refractivity contribution in [3.05, 3.63) is 59.1 Å². The van der Waals surface area contributed by atoms with E-state index in [2.05, 4.69) is 4.98 Å². The Balaban J connectivity index is 1.76. The summed E-state index contributed by atoms with van der Waals surface area (Å²) in [5.41, 5.74) is 0.190. The van der Waals surface area contributed by atoms with Crippen LogP contribution in [0, 0.1) is 0 Å². The molecule has 0 bridgehead atoms. The van der Waals surface area contributed by atoms with Crippen molar-refractivity contribution in [1.82, 2.24) is 14.8 Å². The number of carbonyl (C=O) groups excluding carboxylic acids is 2. The van der Waals surface area contributed by atoms with Crippen LogP contribution in [-0.4, -0.2) is 53.0 Å². The molecule has 1 N–H and O–H groups in total. The van der Waals surface area contributed by atoms with Gasteiger partial charge in [-0.25, -0.2) is 0 Å². The quantitative estimate of drug-likeness (QED) is 0.683.